The quantitative estimate of drug-likeness (QED) is 0.285. The Morgan fingerprint density at radius 2 is 1.88 bits per heavy atom. The highest BCUT2D eigenvalue weighted by Crippen LogP contribution is 2.29. The number of hydrogen-bond donors (Lipinski definition) is 0. The normalized spacial score (nSPS) is 14.2. The van der Waals surface area contributed by atoms with Crippen LogP contribution in [0.2, 0.25) is 0 Å². The Morgan fingerprint density at radius 1 is 1.06 bits per heavy atom. The number of allylic oxidation sites excluding steroid dienone is 1. The van der Waals surface area contributed by atoms with Gasteiger partial charge in [-0.15, -0.1) is 0 Å². The van der Waals surface area contributed by atoms with Crippen molar-refractivity contribution in [3.05, 3.63) is 104 Å². The van der Waals surface area contributed by atoms with Crippen LogP contribution in [-0.4, -0.2) is 17.8 Å². The van der Waals surface area contributed by atoms with Gasteiger partial charge in [0.05, 0.1) is 12.0 Å². The number of nitrogens with zero attached hydrogens (tertiary/aromatic N) is 1. The molecule has 162 valence electrons. The maximum Gasteiger partial charge on any atom is 0.272 e. The summed E-state index contributed by atoms with van der Waals surface area (Å²) >= 11 is 0. The Labute approximate surface area is 186 Å². The number of carbonyl (C=O) groups is 1. The molecule has 0 bridgehead atoms. The van der Waals surface area contributed by atoms with Crippen LogP contribution in [0.3, 0.4) is 0 Å². The molecule has 0 saturated heterocycles. The number of fused-ring (bicyclic) bond motifs is 1. The molecule has 0 saturated carbocycles. The van der Waals surface area contributed by atoms with Gasteiger partial charge >= 0.3 is 0 Å². The molecule has 6 nitrogen and oxygen atoms in total. The summed E-state index contributed by atoms with van der Waals surface area (Å²) in [5.41, 5.74) is 4.96. The van der Waals surface area contributed by atoms with Crippen LogP contribution in [0, 0.1) is 17.0 Å². The van der Waals surface area contributed by atoms with E-state index in [4.69, 9.17) is 9.47 Å². The number of ether oxygens (including phenoxy) is 2. The number of rotatable bonds is 6. The van der Waals surface area contributed by atoms with Crippen molar-refractivity contribution < 1.29 is 19.2 Å². The van der Waals surface area contributed by atoms with Gasteiger partial charge in [-0.25, -0.2) is 0 Å². The zero-order valence-corrected chi connectivity index (χ0v) is 18.0. The second-order valence-electron chi connectivity index (χ2n) is 7.72. The molecular formula is C26H23NO5. The van der Waals surface area contributed by atoms with E-state index >= 15 is 0 Å². The summed E-state index contributed by atoms with van der Waals surface area (Å²) in [6, 6.07) is 18.1. The van der Waals surface area contributed by atoms with Crippen LogP contribution >= 0.6 is 0 Å². The van der Waals surface area contributed by atoms with Gasteiger partial charge in [0.2, 0.25) is 0 Å². The molecule has 0 unspecified atom stereocenters. The van der Waals surface area contributed by atoms with Crippen LogP contribution < -0.4 is 9.47 Å². The highest BCUT2D eigenvalue weighted by atomic mass is 16.6. The van der Waals surface area contributed by atoms with Gasteiger partial charge in [-0.1, -0.05) is 30.3 Å². The minimum Gasteiger partial charge on any atom is -0.496 e. The highest BCUT2D eigenvalue weighted by Gasteiger charge is 2.21. The standard InChI is InChI=1S/C26H23NO5/c1-17-13-22(10-11-24(17)27(29)30)32-16-21-15-18(7-12-25(21)31-2)14-20-9-8-19-5-3-4-6-23(19)26(20)28/h3-7,10-15H,8-9,16H2,1-2H3. The van der Waals surface area contributed by atoms with Gasteiger partial charge < -0.3 is 9.47 Å². The molecule has 0 aliphatic heterocycles. The molecule has 3 aromatic rings. The van der Waals surface area contributed by atoms with Crippen molar-refractivity contribution in [1.82, 2.24) is 0 Å². The van der Waals surface area contributed by atoms with Crippen molar-refractivity contribution in [2.75, 3.05) is 7.11 Å². The summed E-state index contributed by atoms with van der Waals surface area (Å²) < 4.78 is 11.3. The average Bonchev–Trinajstić information content (AvgIpc) is 2.79. The summed E-state index contributed by atoms with van der Waals surface area (Å²) in [6.07, 6.45) is 3.48. The number of hydrogen-bond acceptors (Lipinski definition) is 5. The number of benzene rings is 3. The fourth-order valence-corrected chi connectivity index (χ4v) is 3.94. The Bertz CT molecular complexity index is 1230. The smallest absolute Gasteiger partial charge is 0.272 e. The van der Waals surface area contributed by atoms with Gasteiger partial charge in [-0.3, -0.25) is 14.9 Å². The predicted molar refractivity (Wildman–Crippen MR) is 122 cm³/mol. The maximum absolute atomic E-state index is 12.9. The molecule has 3 aromatic carbocycles. The number of carbonyl (C=O) groups excluding carboxylic acids is 1. The number of nitro groups is 1. The molecule has 6 heteroatoms. The average molecular weight is 429 g/mol. The fourth-order valence-electron chi connectivity index (χ4n) is 3.94. The van der Waals surface area contributed by atoms with Gasteiger partial charge in [-0.2, -0.15) is 0 Å². The Balaban J connectivity index is 1.56. The van der Waals surface area contributed by atoms with Gasteiger partial charge in [0.1, 0.15) is 18.1 Å². The van der Waals surface area contributed by atoms with E-state index in [-0.39, 0.29) is 18.1 Å². The highest BCUT2D eigenvalue weighted by molar-refractivity contribution is 6.13. The lowest BCUT2D eigenvalue weighted by molar-refractivity contribution is -0.385. The van der Waals surface area contributed by atoms with Crippen LogP contribution in [0.15, 0.2) is 66.2 Å². The lowest BCUT2D eigenvalue weighted by Crippen LogP contribution is -2.13. The van der Waals surface area contributed by atoms with Crippen molar-refractivity contribution >= 4 is 17.5 Å². The minimum atomic E-state index is -0.413. The molecule has 0 fully saturated rings. The van der Waals surface area contributed by atoms with E-state index in [2.05, 4.69) is 0 Å². The van der Waals surface area contributed by atoms with Crippen molar-refractivity contribution in [1.29, 1.82) is 0 Å². The van der Waals surface area contributed by atoms with Crippen LogP contribution in [-0.2, 0) is 13.0 Å². The molecule has 0 amide bonds. The summed E-state index contributed by atoms with van der Waals surface area (Å²) in [5, 5.41) is 11.0. The van der Waals surface area contributed by atoms with Gasteiger partial charge in [0.25, 0.3) is 5.69 Å². The number of nitro benzene ring substituents is 1. The zero-order valence-electron chi connectivity index (χ0n) is 18.0. The van der Waals surface area contributed by atoms with Crippen LogP contribution in [0.1, 0.15) is 39.0 Å². The van der Waals surface area contributed by atoms with Gasteiger partial charge in [0, 0.05) is 28.3 Å². The number of methoxy groups -OCH3 is 1. The third-order valence-corrected chi connectivity index (χ3v) is 5.62. The van der Waals surface area contributed by atoms with Crippen molar-refractivity contribution in [3.8, 4) is 11.5 Å². The van der Waals surface area contributed by atoms with E-state index in [1.807, 2.05) is 48.5 Å². The van der Waals surface area contributed by atoms with Crippen LogP contribution in [0.25, 0.3) is 6.08 Å². The molecule has 0 radical (unpaired) electrons. The second kappa shape index (κ2) is 9.06. The minimum absolute atomic E-state index is 0.0577. The van der Waals surface area contributed by atoms with E-state index in [0.717, 1.165) is 34.2 Å². The molecule has 1 aliphatic carbocycles. The molecule has 0 heterocycles. The number of Topliss-reactive ketones (excluding diaryl/α,β-unsaturated/α-hetero) is 1. The molecule has 0 aromatic heterocycles. The second-order valence-corrected chi connectivity index (χ2v) is 7.72. The summed E-state index contributed by atoms with van der Waals surface area (Å²) in [4.78, 5) is 23.5. The molecule has 1 aliphatic rings. The topological polar surface area (TPSA) is 78.7 Å². The van der Waals surface area contributed by atoms with Crippen LogP contribution in [0.4, 0.5) is 5.69 Å². The fraction of sp³-hybridized carbons (Fsp3) is 0.192. The number of aryl methyl sites for hydroxylation is 2. The summed E-state index contributed by atoms with van der Waals surface area (Å²) in [5.74, 6) is 1.28. The Morgan fingerprint density at radius 3 is 2.62 bits per heavy atom. The zero-order chi connectivity index (χ0) is 22.7. The van der Waals surface area contributed by atoms with E-state index < -0.39 is 4.92 Å². The van der Waals surface area contributed by atoms with Crippen molar-refractivity contribution in [3.63, 3.8) is 0 Å². The van der Waals surface area contributed by atoms with Crippen LogP contribution in [0.5, 0.6) is 11.5 Å². The van der Waals surface area contributed by atoms with Gasteiger partial charge in [0.15, 0.2) is 5.78 Å². The van der Waals surface area contributed by atoms with E-state index in [1.54, 1.807) is 26.2 Å². The van der Waals surface area contributed by atoms with Crippen molar-refractivity contribution in [2.45, 2.75) is 26.4 Å². The first kappa shape index (κ1) is 21.3. The first-order chi connectivity index (χ1) is 15.5. The Kier molecular flexibility index (Phi) is 6.03. The molecule has 0 N–H and O–H groups in total. The van der Waals surface area contributed by atoms with E-state index in [1.165, 1.54) is 6.07 Å². The predicted octanol–water partition coefficient (Wildman–Crippen LogP) is 5.70. The first-order valence-corrected chi connectivity index (χ1v) is 10.3. The van der Waals surface area contributed by atoms with E-state index in [9.17, 15) is 14.9 Å². The Hall–Kier alpha value is -3.93. The maximum atomic E-state index is 12.9. The molecule has 0 atom stereocenters. The SMILES string of the molecule is COc1ccc(C=C2CCc3ccccc3C2=O)cc1COc1ccc([N+](=O)[O-])c(C)c1. The molecule has 0 spiro atoms. The lowest BCUT2D eigenvalue weighted by atomic mass is 9.86. The van der Waals surface area contributed by atoms with E-state index in [0.29, 0.717) is 23.5 Å². The number of ketones is 1. The summed E-state index contributed by atoms with van der Waals surface area (Å²) in [7, 11) is 1.59. The third kappa shape index (κ3) is 4.39. The van der Waals surface area contributed by atoms with Crippen molar-refractivity contribution in [2.24, 2.45) is 0 Å². The molecule has 32 heavy (non-hydrogen) atoms. The molecular weight excluding hydrogens is 406 g/mol. The lowest BCUT2D eigenvalue weighted by Gasteiger charge is -2.17. The third-order valence-electron chi connectivity index (χ3n) is 5.62. The first-order valence-electron chi connectivity index (χ1n) is 10.3. The molecule has 4 rings (SSSR count). The largest absolute Gasteiger partial charge is 0.496 e. The van der Waals surface area contributed by atoms with Gasteiger partial charge in [-0.05, 0) is 61.2 Å². The monoisotopic (exact) mass is 429 g/mol. The summed E-state index contributed by atoms with van der Waals surface area (Å²) in [6.45, 7) is 1.91.